The molecular weight excluding hydrogens is 409 g/mol. The summed E-state index contributed by atoms with van der Waals surface area (Å²) < 4.78 is 52.5. The van der Waals surface area contributed by atoms with Crippen molar-refractivity contribution in [1.29, 1.82) is 0 Å². The van der Waals surface area contributed by atoms with Crippen LogP contribution >= 0.6 is 0 Å². The highest BCUT2D eigenvalue weighted by Gasteiger charge is 2.37. The van der Waals surface area contributed by atoms with Gasteiger partial charge < -0.3 is 14.8 Å². The van der Waals surface area contributed by atoms with Crippen molar-refractivity contribution < 1.29 is 27.4 Å². The molecule has 0 radical (unpaired) electrons. The monoisotopic (exact) mass is 432 g/mol. The summed E-state index contributed by atoms with van der Waals surface area (Å²) in [6.45, 7) is 3.29. The summed E-state index contributed by atoms with van der Waals surface area (Å²) in [5.74, 6) is -3.09. The first-order chi connectivity index (χ1) is 15.0. The van der Waals surface area contributed by atoms with E-state index in [-0.39, 0.29) is 17.7 Å². The van der Waals surface area contributed by atoms with Crippen molar-refractivity contribution in [3.63, 3.8) is 0 Å². The highest BCUT2D eigenvalue weighted by molar-refractivity contribution is 5.70. The number of benzene rings is 2. The van der Waals surface area contributed by atoms with Crippen molar-refractivity contribution in [3.05, 3.63) is 53.3 Å². The number of hydrogen-bond donors (Lipinski definition) is 1. The molecule has 164 valence electrons. The molecule has 0 aromatic heterocycles. The Morgan fingerprint density at radius 3 is 2.61 bits per heavy atom. The van der Waals surface area contributed by atoms with Crippen LogP contribution in [-0.4, -0.2) is 43.3 Å². The Morgan fingerprint density at radius 2 is 1.87 bits per heavy atom. The van der Waals surface area contributed by atoms with Gasteiger partial charge in [0, 0.05) is 24.1 Å². The average molecular weight is 432 g/mol. The Kier molecular flexibility index (Phi) is 5.25. The third-order valence-electron chi connectivity index (χ3n) is 6.55. The molecule has 4 heterocycles. The molecule has 0 saturated carbocycles. The predicted octanol–water partition coefficient (Wildman–Crippen LogP) is 4.41. The highest BCUT2D eigenvalue weighted by Crippen LogP contribution is 2.37. The van der Waals surface area contributed by atoms with Crippen LogP contribution in [0.1, 0.15) is 30.9 Å². The van der Waals surface area contributed by atoms with Gasteiger partial charge in [0.15, 0.2) is 17.5 Å². The van der Waals surface area contributed by atoms with Crippen LogP contribution in [0.3, 0.4) is 0 Å². The minimum absolute atomic E-state index is 0.0536. The van der Waals surface area contributed by atoms with E-state index in [4.69, 9.17) is 9.47 Å². The number of nitrogens with zero attached hydrogens (tertiary/aromatic N) is 1. The summed E-state index contributed by atoms with van der Waals surface area (Å²) >= 11 is 0. The number of ether oxygens (including phenoxy) is 2. The zero-order chi connectivity index (χ0) is 21.5. The second kappa shape index (κ2) is 8.07. The Hall–Kier alpha value is -2.74. The number of nitrogens with one attached hydrogen (secondary N) is 1. The van der Waals surface area contributed by atoms with Gasteiger partial charge in [0.05, 0.1) is 12.6 Å². The van der Waals surface area contributed by atoms with Crippen molar-refractivity contribution in [1.82, 2.24) is 10.2 Å². The number of carbonyl (C=O) groups is 1. The maximum Gasteiger partial charge on any atom is 0.407 e. The zero-order valence-corrected chi connectivity index (χ0v) is 16.9. The lowest BCUT2D eigenvalue weighted by molar-refractivity contribution is -0.0342. The lowest BCUT2D eigenvalue weighted by Gasteiger charge is -2.44. The van der Waals surface area contributed by atoms with E-state index in [2.05, 4.69) is 10.2 Å². The quantitative estimate of drug-likeness (QED) is 0.730. The number of hydrogen-bond acceptors (Lipinski definition) is 4. The van der Waals surface area contributed by atoms with Gasteiger partial charge in [-0.25, -0.2) is 18.0 Å². The second-order valence-corrected chi connectivity index (χ2v) is 8.39. The van der Waals surface area contributed by atoms with E-state index in [1.54, 1.807) is 18.2 Å². The summed E-state index contributed by atoms with van der Waals surface area (Å²) in [6, 6.07) is 6.68. The second-order valence-electron chi connectivity index (χ2n) is 8.39. The fraction of sp³-hybridized carbons (Fsp3) is 0.435. The number of piperidine rings is 3. The van der Waals surface area contributed by atoms with Gasteiger partial charge >= 0.3 is 6.09 Å². The van der Waals surface area contributed by atoms with E-state index in [1.165, 1.54) is 6.07 Å². The van der Waals surface area contributed by atoms with Crippen LogP contribution in [-0.2, 0) is 4.74 Å². The average Bonchev–Trinajstić information content (AvgIpc) is 2.78. The third kappa shape index (κ3) is 3.84. The molecule has 8 heteroatoms. The number of fused-ring (bicyclic) bond motifs is 4. The molecule has 2 bridgehead atoms. The highest BCUT2D eigenvalue weighted by atomic mass is 19.2. The molecular formula is C23H23F3N2O3. The lowest BCUT2D eigenvalue weighted by Crippen LogP contribution is -2.52. The molecule has 3 saturated heterocycles. The Balaban J connectivity index is 1.31. The van der Waals surface area contributed by atoms with Gasteiger partial charge in [-0.3, -0.25) is 4.90 Å². The first-order valence-corrected chi connectivity index (χ1v) is 10.6. The molecule has 4 aliphatic heterocycles. The predicted molar refractivity (Wildman–Crippen MR) is 107 cm³/mol. The van der Waals surface area contributed by atoms with E-state index in [1.807, 2.05) is 0 Å². The summed E-state index contributed by atoms with van der Waals surface area (Å²) in [5.41, 5.74) is 1.05. The molecule has 2 aromatic rings. The summed E-state index contributed by atoms with van der Waals surface area (Å²) in [6.07, 6.45) is 2.15. The van der Waals surface area contributed by atoms with Crippen molar-refractivity contribution in [3.8, 4) is 16.9 Å². The number of halogens is 3. The number of alkyl carbamates (subject to hydrolysis) is 1. The van der Waals surface area contributed by atoms with Gasteiger partial charge in [-0.15, -0.1) is 0 Å². The van der Waals surface area contributed by atoms with Crippen LogP contribution in [0.4, 0.5) is 18.0 Å². The Bertz CT molecular complexity index is 1010. The Labute approximate surface area is 178 Å². The molecule has 1 unspecified atom stereocenters. The molecule has 4 aliphatic rings. The van der Waals surface area contributed by atoms with E-state index in [0.29, 0.717) is 30.3 Å². The molecule has 31 heavy (non-hydrogen) atoms. The standard InChI is InChI=1S/C23H23F3N2O3/c24-17-4-3-15(21(25)22(17)26)14-1-2-16-18(7-10-30-19(16)11-14)27-23(29)31-20-12-28-8-5-13(20)6-9-28/h1-4,11,13,18,20H,5-10,12H2,(H,27,29)/t18?,20-/m0/s1. The minimum atomic E-state index is -1.51. The first kappa shape index (κ1) is 20.2. The van der Waals surface area contributed by atoms with Crippen molar-refractivity contribution in [2.75, 3.05) is 26.2 Å². The normalized spacial score (nSPS) is 26.7. The van der Waals surface area contributed by atoms with E-state index >= 15 is 0 Å². The van der Waals surface area contributed by atoms with E-state index in [9.17, 15) is 18.0 Å². The van der Waals surface area contributed by atoms with Crippen LogP contribution < -0.4 is 10.1 Å². The van der Waals surface area contributed by atoms with Crippen molar-refractivity contribution >= 4 is 6.09 Å². The molecule has 0 aliphatic carbocycles. The van der Waals surface area contributed by atoms with Gasteiger partial charge in [-0.2, -0.15) is 0 Å². The fourth-order valence-corrected chi connectivity index (χ4v) is 4.81. The summed E-state index contributed by atoms with van der Waals surface area (Å²) in [5, 5.41) is 2.93. The van der Waals surface area contributed by atoms with Crippen molar-refractivity contribution in [2.45, 2.75) is 31.4 Å². The SMILES string of the molecule is O=C(NC1CCOc2cc(-c3ccc(F)c(F)c3F)ccc21)O[C@H]1CN2CCC1CC2. The van der Waals surface area contributed by atoms with Gasteiger partial charge in [0.2, 0.25) is 0 Å². The first-order valence-electron chi connectivity index (χ1n) is 10.6. The number of carbonyl (C=O) groups excluding carboxylic acids is 1. The number of rotatable bonds is 3. The molecule has 5 nitrogen and oxygen atoms in total. The third-order valence-corrected chi connectivity index (χ3v) is 6.55. The van der Waals surface area contributed by atoms with Gasteiger partial charge in [-0.05, 0) is 55.6 Å². The smallest absolute Gasteiger partial charge is 0.407 e. The maximum atomic E-state index is 14.2. The molecule has 6 rings (SSSR count). The topological polar surface area (TPSA) is 50.8 Å². The molecule has 2 atom stereocenters. The molecule has 1 N–H and O–H groups in total. The summed E-state index contributed by atoms with van der Waals surface area (Å²) in [7, 11) is 0. The minimum Gasteiger partial charge on any atom is -0.493 e. The Morgan fingerprint density at radius 1 is 1.06 bits per heavy atom. The van der Waals surface area contributed by atoms with Crippen LogP contribution in [0.5, 0.6) is 5.75 Å². The number of amides is 1. The molecule has 3 fully saturated rings. The largest absolute Gasteiger partial charge is 0.493 e. The molecule has 0 spiro atoms. The van der Waals surface area contributed by atoms with Crippen LogP contribution in [0.2, 0.25) is 0 Å². The molecule has 2 aromatic carbocycles. The molecule has 1 amide bonds. The maximum absolute atomic E-state index is 14.2. The lowest BCUT2D eigenvalue weighted by atomic mass is 9.86. The van der Waals surface area contributed by atoms with E-state index in [0.717, 1.165) is 44.1 Å². The van der Waals surface area contributed by atoms with Crippen LogP contribution in [0, 0.1) is 23.4 Å². The van der Waals surface area contributed by atoms with Crippen molar-refractivity contribution in [2.24, 2.45) is 5.92 Å². The fourth-order valence-electron chi connectivity index (χ4n) is 4.81. The van der Waals surface area contributed by atoms with E-state index < -0.39 is 23.5 Å². The van der Waals surface area contributed by atoms with Crippen LogP contribution in [0.25, 0.3) is 11.1 Å². The van der Waals surface area contributed by atoms with Gasteiger partial charge in [-0.1, -0.05) is 12.1 Å². The van der Waals surface area contributed by atoms with Crippen LogP contribution in [0.15, 0.2) is 30.3 Å². The zero-order valence-electron chi connectivity index (χ0n) is 16.9. The summed E-state index contributed by atoms with van der Waals surface area (Å²) in [4.78, 5) is 14.9. The van der Waals surface area contributed by atoms with Gasteiger partial charge in [0.1, 0.15) is 11.9 Å². The van der Waals surface area contributed by atoms with Gasteiger partial charge in [0.25, 0.3) is 0 Å².